The Morgan fingerprint density at radius 3 is 2.60 bits per heavy atom. The first-order valence-corrected chi connectivity index (χ1v) is 6.64. The van der Waals surface area contributed by atoms with Gasteiger partial charge in [0, 0.05) is 18.5 Å². The van der Waals surface area contributed by atoms with Crippen LogP contribution in [0.5, 0.6) is 0 Å². The highest BCUT2D eigenvalue weighted by molar-refractivity contribution is 5.74. The van der Waals surface area contributed by atoms with Crippen molar-refractivity contribution in [1.82, 2.24) is 15.8 Å². The number of aliphatic carboxylic acids is 1. The fourth-order valence-corrected chi connectivity index (χ4v) is 2.02. The number of urea groups is 1. The normalized spacial score (nSPS) is 11.9. The Balaban J connectivity index is 2.48. The molecule has 0 aromatic carbocycles. The van der Waals surface area contributed by atoms with Crippen LogP contribution in [-0.4, -0.2) is 28.8 Å². The molecule has 1 aromatic rings. The number of carbonyl (C=O) groups is 2. The van der Waals surface area contributed by atoms with Gasteiger partial charge in [0.25, 0.3) is 0 Å². The van der Waals surface area contributed by atoms with Gasteiger partial charge in [-0.1, -0.05) is 12.1 Å². The largest absolute Gasteiger partial charge is 0.481 e. The number of nitrogens with one attached hydrogen (secondary N) is 2. The molecule has 0 radical (unpaired) electrons. The summed E-state index contributed by atoms with van der Waals surface area (Å²) in [6.07, 6.45) is 1.16. The molecule has 0 aliphatic heterocycles. The third-order valence-electron chi connectivity index (χ3n) is 3.00. The minimum Gasteiger partial charge on any atom is -0.481 e. The molecule has 0 saturated carbocycles. The van der Waals surface area contributed by atoms with Gasteiger partial charge in [-0.15, -0.1) is 0 Å². The summed E-state index contributed by atoms with van der Waals surface area (Å²) in [5, 5.41) is 17.9. The molecule has 1 unspecified atom stereocenters. The van der Waals surface area contributed by atoms with Crippen LogP contribution in [0.15, 0.2) is 4.52 Å². The maximum absolute atomic E-state index is 11.8. The van der Waals surface area contributed by atoms with Crippen molar-refractivity contribution in [3.63, 3.8) is 0 Å². The molecule has 0 bridgehead atoms. The van der Waals surface area contributed by atoms with Gasteiger partial charge in [-0.05, 0) is 26.7 Å². The van der Waals surface area contributed by atoms with Crippen molar-refractivity contribution in [2.75, 3.05) is 6.54 Å². The zero-order valence-corrected chi connectivity index (χ0v) is 12.0. The van der Waals surface area contributed by atoms with Gasteiger partial charge in [0.05, 0.1) is 11.7 Å². The van der Waals surface area contributed by atoms with E-state index in [2.05, 4.69) is 15.8 Å². The van der Waals surface area contributed by atoms with E-state index in [0.717, 1.165) is 11.3 Å². The van der Waals surface area contributed by atoms with Crippen molar-refractivity contribution in [1.29, 1.82) is 0 Å². The molecule has 0 saturated heterocycles. The number of carbonyl (C=O) groups excluding carboxylic acids is 1. The first-order chi connectivity index (χ1) is 9.45. The number of aromatic nitrogens is 1. The molecule has 112 valence electrons. The van der Waals surface area contributed by atoms with E-state index >= 15 is 0 Å². The molecule has 0 aliphatic carbocycles. The second-order valence-corrected chi connectivity index (χ2v) is 4.60. The van der Waals surface area contributed by atoms with E-state index in [9.17, 15) is 9.59 Å². The van der Waals surface area contributed by atoms with Crippen LogP contribution in [0.2, 0.25) is 0 Å². The second kappa shape index (κ2) is 7.52. The molecule has 1 atom stereocenters. The highest BCUT2D eigenvalue weighted by atomic mass is 16.5. The molecule has 1 heterocycles. The summed E-state index contributed by atoms with van der Waals surface area (Å²) >= 11 is 0. The number of aryl methyl sites for hydroxylation is 2. The summed E-state index contributed by atoms with van der Waals surface area (Å²) in [6, 6.07) is -0.483. The molecule has 3 N–H and O–H groups in total. The Labute approximate surface area is 117 Å². The van der Waals surface area contributed by atoms with Crippen LogP contribution >= 0.6 is 0 Å². The molecular weight excluding hydrogens is 262 g/mol. The topological polar surface area (TPSA) is 104 Å². The fraction of sp³-hybridized carbons (Fsp3) is 0.615. The molecule has 1 rings (SSSR count). The van der Waals surface area contributed by atoms with E-state index in [1.807, 2.05) is 20.8 Å². The zero-order chi connectivity index (χ0) is 15.1. The summed E-state index contributed by atoms with van der Waals surface area (Å²) in [7, 11) is 0. The minimum atomic E-state index is -0.866. The molecular formula is C13H21N3O4. The van der Waals surface area contributed by atoms with E-state index < -0.39 is 5.97 Å². The van der Waals surface area contributed by atoms with E-state index in [4.69, 9.17) is 9.63 Å². The van der Waals surface area contributed by atoms with Crippen LogP contribution in [0.25, 0.3) is 0 Å². The lowest BCUT2D eigenvalue weighted by atomic mass is 10.0. The average molecular weight is 283 g/mol. The quantitative estimate of drug-likeness (QED) is 0.663. The SMILES string of the molecule is CCC(NC(=O)NCCCC(=O)O)c1c(C)noc1C. The molecule has 0 fully saturated rings. The third kappa shape index (κ3) is 4.56. The van der Waals surface area contributed by atoms with E-state index in [1.54, 1.807) is 0 Å². The predicted molar refractivity (Wildman–Crippen MR) is 72.4 cm³/mol. The van der Waals surface area contributed by atoms with Crippen LogP contribution < -0.4 is 10.6 Å². The van der Waals surface area contributed by atoms with Gasteiger partial charge >= 0.3 is 12.0 Å². The van der Waals surface area contributed by atoms with Crippen molar-refractivity contribution >= 4 is 12.0 Å². The fourth-order valence-electron chi connectivity index (χ4n) is 2.02. The first-order valence-electron chi connectivity index (χ1n) is 6.64. The number of carboxylic acids is 1. The Hall–Kier alpha value is -2.05. The third-order valence-corrected chi connectivity index (χ3v) is 3.00. The van der Waals surface area contributed by atoms with Crippen LogP contribution in [0.4, 0.5) is 4.79 Å². The van der Waals surface area contributed by atoms with Crippen molar-refractivity contribution in [3.05, 3.63) is 17.0 Å². The molecule has 7 heteroatoms. The lowest BCUT2D eigenvalue weighted by Gasteiger charge is -2.17. The summed E-state index contributed by atoms with van der Waals surface area (Å²) < 4.78 is 5.10. The molecule has 0 aliphatic rings. The molecule has 0 spiro atoms. The van der Waals surface area contributed by atoms with Gasteiger partial charge in [-0.25, -0.2) is 4.79 Å². The minimum absolute atomic E-state index is 0.0430. The summed E-state index contributed by atoms with van der Waals surface area (Å²) in [4.78, 5) is 22.1. The zero-order valence-electron chi connectivity index (χ0n) is 12.0. The smallest absolute Gasteiger partial charge is 0.315 e. The number of hydrogen-bond donors (Lipinski definition) is 3. The first kappa shape index (κ1) is 16.0. The number of carboxylic acid groups (broad SMARTS) is 1. The summed E-state index contributed by atoms with van der Waals surface area (Å²) in [5.41, 5.74) is 1.66. The van der Waals surface area contributed by atoms with Gasteiger partial charge < -0.3 is 20.3 Å². The van der Waals surface area contributed by atoms with Gasteiger partial charge in [-0.2, -0.15) is 0 Å². The standard InChI is InChI=1S/C13H21N3O4/c1-4-10(12-8(2)16-20-9(12)3)15-13(19)14-7-5-6-11(17)18/h10H,4-7H2,1-3H3,(H,17,18)(H2,14,15,19). The second-order valence-electron chi connectivity index (χ2n) is 4.60. The Bertz CT molecular complexity index is 451. The van der Waals surface area contributed by atoms with Gasteiger partial charge in [0.1, 0.15) is 5.76 Å². The lowest BCUT2D eigenvalue weighted by molar-refractivity contribution is -0.137. The Morgan fingerprint density at radius 1 is 1.40 bits per heavy atom. The van der Waals surface area contributed by atoms with Gasteiger partial charge in [-0.3, -0.25) is 4.79 Å². The summed E-state index contributed by atoms with van der Waals surface area (Å²) in [5.74, 6) is -0.171. The van der Waals surface area contributed by atoms with Gasteiger partial charge in [0.2, 0.25) is 0 Å². The van der Waals surface area contributed by atoms with Crippen LogP contribution in [0.3, 0.4) is 0 Å². The van der Waals surface area contributed by atoms with Crippen LogP contribution in [0.1, 0.15) is 49.2 Å². The summed E-state index contributed by atoms with van der Waals surface area (Å²) in [6.45, 7) is 5.93. The van der Waals surface area contributed by atoms with Crippen LogP contribution in [-0.2, 0) is 4.79 Å². The molecule has 2 amide bonds. The van der Waals surface area contributed by atoms with Gasteiger partial charge in [0.15, 0.2) is 0 Å². The monoisotopic (exact) mass is 283 g/mol. The number of hydrogen-bond acceptors (Lipinski definition) is 4. The number of rotatable bonds is 7. The average Bonchev–Trinajstić information content (AvgIpc) is 2.72. The Morgan fingerprint density at radius 2 is 2.10 bits per heavy atom. The highest BCUT2D eigenvalue weighted by Gasteiger charge is 2.20. The maximum atomic E-state index is 11.8. The number of amides is 2. The van der Waals surface area contributed by atoms with Crippen molar-refractivity contribution in [2.24, 2.45) is 0 Å². The van der Waals surface area contributed by atoms with Crippen LogP contribution in [0, 0.1) is 13.8 Å². The van der Waals surface area contributed by atoms with E-state index in [1.165, 1.54) is 0 Å². The number of nitrogens with zero attached hydrogens (tertiary/aromatic N) is 1. The van der Waals surface area contributed by atoms with Crippen molar-refractivity contribution < 1.29 is 19.2 Å². The highest BCUT2D eigenvalue weighted by Crippen LogP contribution is 2.23. The van der Waals surface area contributed by atoms with E-state index in [-0.39, 0.29) is 18.5 Å². The maximum Gasteiger partial charge on any atom is 0.315 e. The van der Waals surface area contributed by atoms with Crippen molar-refractivity contribution in [2.45, 2.75) is 46.1 Å². The molecule has 7 nitrogen and oxygen atoms in total. The Kier molecular flexibility index (Phi) is 6.02. The van der Waals surface area contributed by atoms with Crippen molar-refractivity contribution in [3.8, 4) is 0 Å². The predicted octanol–water partition coefficient (Wildman–Crippen LogP) is 1.91. The lowest BCUT2D eigenvalue weighted by Crippen LogP contribution is -2.38. The molecule has 20 heavy (non-hydrogen) atoms. The van der Waals surface area contributed by atoms with E-state index in [0.29, 0.717) is 25.1 Å². The molecule has 1 aromatic heterocycles.